The predicted octanol–water partition coefficient (Wildman–Crippen LogP) is 6.53. The van der Waals surface area contributed by atoms with Crippen molar-refractivity contribution in [1.82, 2.24) is 5.32 Å². The molecule has 1 atom stereocenters. The molecule has 0 aliphatic carbocycles. The van der Waals surface area contributed by atoms with Gasteiger partial charge in [-0.15, -0.1) is 0 Å². The molecule has 1 N–H and O–H groups in total. The minimum atomic E-state index is -4.45. The number of hydrogen-bond donors (Lipinski definition) is 1. The predicted molar refractivity (Wildman–Crippen MR) is 100 cm³/mol. The summed E-state index contributed by atoms with van der Waals surface area (Å²) in [4.78, 5) is 0. The van der Waals surface area contributed by atoms with Crippen molar-refractivity contribution < 1.29 is 17.6 Å². The first kappa shape index (κ1) is 19.8. The second-order valence-electron chi connectivity index (χ2n) is 5.99. The molecule has 1 heterocycles. The van der Waals surface area contributed by atoms with Crippen molar-refractivity contribution >= 4 is 23.2 Å². The third-order valence-corrected chi connectivity index (χ3v) is 4.89. The van der Waals surface area contributed by atoms with Gasteiger partial charge in [-0.1, -0.05) is 47.5 Å². The average Bonchev–Trinajstić information content (AvgIpc) is 3.15. The van der Waals surface area contributed by atoms with Crippen LogP contribution in [0.25, 0.3) is 0 Å². The molecule has 0 fully saturated rings. The molecule has 142 valence electrons. The van der Waals surface area contributed by atoms with Crippen molar-refractivity contribution in [3.63, 3.8) is 0 Å². The summed E-state index contributed by atoms with van der Waals surface area (Å²) in [6, 6.07) is 13.4. The van der Waals surface area contributed by atoms with E-state index in [1.54, 1.807) is 30.3 Å². The van der Waals surface area contributed by atoms with E-state index < -0.39 is 17.8 Å². The van der Waals surface area contributed by atoms with E-state index in [0.717, 1.165) is 11.6 Å². The number of furan rings is 1. The van der Waals surface area contributed by atoms with Gasteiger partial charge in [0.1, 0.15) is 5.76 Å². The zero-order valence-corrected chi connectivity index (χ0v) is 15.6. The van der Waals surface area contributed by atoms with Gasteiger partial charge in [0.05, 0.1) is 27.9 Å². The highest BCUT2D eigenvalue weighted by Crippen LogP contribution is 2.36. The van der Waals surface area contributed by atoms with E-state index in [9.17, 15) is 13.2 Å². The van der Waals surface area contributed by atoms with Crippen LogP contribution in [-0.4, -0.2) is 6.54 Å². The lowest BCUT2D eigenvalue weighted by Crippen LogP contribution is -2.26. The summed E-state index contributed by atoms with van der Waals surface area (Å²) in [5.41, 5.74) is 0.363. The lowest BCUT2D eigenvalue weighted by atomic mass is 9.97. The van der Waals surface area contributed by atoms with Crippen molar-refractivity contribution in [3.8, 4) is 0 Å². The fourth-order valence-corrected chi connectivity index (χ4v) is 3.20. The fourth-order valence-electron chi connectivity index (χ4n) is 2.88. The van der Waals surface area contributed by atoms with Gasteiger partial charge in [-0.3, -0.25) is 0 Å². The lowest BCUT2D eigenvalue weighted by Gasteiger charge is -2.21. The number of nitrogens with one attached hydrogen (secondary N) is 1. The van der Waals surface area contributed by atoms with Crippen LogP contribution in [0.5, 0.6) is 0 Å². The van der Waals surface area contributed by atoms with Gasteiger partial charge in [0, 0.05) is 6.54 Å². The minimum absolute atomic E-state index is 0.120. The molecule has 27 heavy (non-hydrogen) atoms. The first-order valence-corrected chi connectivity index (χ1v) is 8.98. The van der Waals surface area contributed by atoms with Gasteiger partial charge in [-0.2, -0.15) is 13.2 Å². The van der Waals surface area contributed by atoms with E-state index >= 15 is 0 Å². The van der Waals surface area contributed by atoms with Crippen molar-refractivity contribution in [2.24, 2.45) is 0 Å². The molecule has 0 aliphatic heterocycles. The third kappa shape index (κ3) is 4.86. The second kappa shape index (κ2) is 8.38. The molecule has 1 unspecified atom stereocenters. The average molecular weight is 414 g/mol. The van der Waals surface area contributed by atoms with Crippen LogP contribution in [0.2, 0.25) is 10.0 Å². The largest absolute Gasteiger partial charge is 0.467 e. The van der Waals surface area contributed by atoms with Crippen LogP contribution in [0.4, 0.5) is 13.2 Å². The number of alkyl halides is 3. The molecule has 0 amide bonds. The minimum Gasteiger partial charge on any atom is -0.467 e. The Labute approximate surface area is 164 Å². The Kier molecular flexibility index (Phi) is 6.15. The van der Waals surface area contributed by atoms with Crippen LogP contribution in [0.3, 0.4) is 0 Å². The number of rotatable bonds is 6. The molecule has 1 aromatic heterocycles. The maximum Gasteiger partial charge on any atom is 0.416 e. The summed E-state index contributed by atoms with van der Waals surface area (Å²) in [5, 5.41) is 4.07. The molecule has 0 saturated heterocycles. The number of benzene rings is 2. The Bertz CT molecular complexity index is 894. The normalized spacial score (nSPS) is 12.9. The lowest BCUT2D eigenvalue weighted by molar-refractivity contribution is -0.138. The molecule has 7 heteroatoms. The van der Waals surface area contributed by atoms with Gasteiger partial charge in [0.25, 0.3) is 0 Å². The molecule has 0 spiro atoms. The van der Waals surface area contributed by atoms with Gasteiger partial charge in [-0.25, -0.2) is 0 Å². The van der Waals surface area contributed by atoms with Crippen LogP contribution in [0.1, 0.15) is 28.5 Å². The SMILES string of the molecule is FC(F)(F)c1ccccc1C(NCCc1ccc(Cl)c(Cl)c1)c1ccco1. The highest BCUT2D eigenvalue weighted by molar-refractivity contribution is 6.42. The molecule has 0 aliphatic rings. The summed E-state index contributed by atoms with van der Waals surface area (Å²) in [6.45, 7) is 0.426. The molecule has 2 nitrogen and oxygen atoms in total. The third-order valence-electron chi connectivity index (χ3n) is 4.15. The van der Waals surface area contributed by atoms with Gasteiger partial charge in [0.15, 0.2) is 0 Å². The van der Waals surface area contributed by atoms with Crippen molar-refractivity contribution in [2.45, 2.75) is 18.6 Å². The van der Waals surface area contributed by atoms with E-state index in [2.05, 4.69) is 5.32 Å². The van der Waals surface area contributed by atoms with Crippen LogP contribution in [0.15, 0.2) is 65.3 Å². The van der Waals surface area contributed by atoms with Gasteiger partial charge >= 0.3 is 6.18 Å². The van der Waals surface area contributed by atoms with E-state index in [0.29, 0.717) is 28.8 Å². The highest BCUT2D eigenvalue weighted by Gasteiger charge is 2.35. The molecule has 0 bridgehead atoms. The van der Waals surface area contributed by atoms with E-state index in [1.165, 1.54) is 18.4 Å². The first-order valence-electron chi connectivity index (χ1n) is 8.23. The second-order valence-corrected chi connectivity index (χ2v) is 6.80. The first-order chi connectivity index (χ1) is 12.9. The Morgan fingerprint density at radius 1 is 0.963 bits per heavy atom. The maximum atomic E-state index is 13.4. The zero-order chi connectivity index (χ0) is 19.4. The fraction of sp³-hybridized carbons (Fsp3) is 0.200. The summed E-state index contributed by atoms with van der Waals surface area (Å²) >= 11 is 11.9. The van der Waals surface area contributed by atoms with E-state index in [4.69, 9.17) is 27.6 Å². The number of halogens is 5. The van der Waals surface area contributed by atoms with Crippen LogP contribution < -0.4 is 5.32 Å². The highest BCUT2D eigenvalue weighted by atomic mass is 35.5. The Hall–Kier alpha value is -1.95. The smallest absolute Gasteiger partial charge is 0.416 e. The van der Waals surface area contributed by atoms with Crippen LogP contribution in [-0.2, 0) is 12.6 Å². The summed E-state index contributed by atoms with van der Waals surface area (Å²) in [5.74, 6) is 0.417. The summed E-state index contributed by atoms with van der Waals surface area (Å²) in [6.07, 6.45) is -2.44. The Balaban J connectivity index is 1.83. The maximum absolute atomic E-state index is 13.4. The Morgan fingerprint density at radius 2 is 1.74 bits per heavy atom. The number of hydrogen-bond acceptors (Lipinski definition) is 2. The van der Waals surface area contributed by atoms with Gasteiger partial charge in [-0.05, 0) is 47.9 Å². The summed E-state index contributed by atoms with van der Waals surface area (Å²) in [7, 11) is 0. The Morgan fingerprint density at radius 3 is 2.41 bits per heavy atom. The zero-order valence-electron chi connectivity index (χ0n) is 14.1. The van der Waals surface area contributed by atoms with E-state index in [-0.39, 0.29) is 5.56 Å². The standard InChI is InChI=1S/C20H16Cl2F3NO/c21-16-8-7-13(12-17(16)22)9-10-26-19(18-6-3-11-27-18)14-4-1-2-5-15(14)20(23,24)25/h1-8,11-12,19,26H,9-10H2. The van der Waals surface area contributed by atoms with Gasteiger partial charge < -0.3 is 9.73 Å². The van der Waals surface area contributed by atoms with Crippen molar-refractivity contribution in [3.05, 3.63) is 93.4 Å². The van der Waals surface area contributed by atoms with Crippen LogP contribution >= 0.6 is 23.2 Å². The molecule has 0 saturated carbocycles. The molecule has 3 aromatic rings. The molecule has 2 aromatic carbocycles. The topological polar surface area (TPSA) is 25.2 Å². The molecular weight excluding hydrogens is 398 g/mol. The molecule has 0 radical (unpaired) electrons. The monoisotopic (exact) mass is 413 g/mol. The molecule has 3 rings (SSSR count). The van der Waals surface area contributed by atoms with E-state index in [1.807, 2.05) is 6.07 Å². The van der Waals surface area contributed by atoms with Gasteiger partial charge in [0.2, 0.25) is 0 Å². The van der Waals surface area contributed by atoms with Crippen molar-refractivity contribution in [2.75, 3.05) is 6.54 Å². The van der Waals surface area contributed by atoms with Crippen molar-refractivity contribution in [1.29, 1.82) is 0 Å². The van der Waals surface area contributed by atoms with Crippen LogP contribution in [0, 0.1) is 0 Å². The summed E-state index contributed by atoms with van der Waals surface area (Å²) < 4.78 is 45.7. The molecular formula is C20H16Cl2F3NO. The quantitative estimate of drug-likeness (QED) is 0.496.